The van der Waals surface area contributed by atoms with Gasteiger partial charge in [0.2, 0.25) is 0 Å². The minimum Gasteiger partial charge on any atom is -0.458 e. The van der Waals surface area contributed by atoms with Crippen LogP contribution in [-0.2, 0) is 25.6 Å². The first-order valence-corrected chi connectivity index (χ1v) is 15.8. The number of aliphatic hydroxyl groups is 2. The summed E-state index contributed by atoms with van der Waals surface area (Å²) in [5.41, 5.74) is 0.131. The average molecular weight is 594 g/mol. The monoisotopic (exact) mass is 593 g/mol. The summed E-state index contributed by atoms with van der Waals surface area (Å²) in [5.74, 6) is -1.57. The van der Waals surface area contributed by atoms with Crippen molar-refractivity contribution in [1.29, 1.82) is 0 Å². The largest absolute Gasteiger partial charge is 0.458 e. The van der Waals surface area contributed by atoms with Crippen molar-refractivity contribution < 1.29 is 29.3 Å². The lowest BCUT2D eigenvalue weighted by Crippen LogP contribution is -2.45. The fourth-order valence-electron chi connectivity index (χ4n) is 5.59. The number of cyclic esters (lactones) is 1. The summed E-state index contributed by atoms with van der Waals surface area (Å²) in [6.07, 6.45) is 1.89. The molecule has 9 nitrogen and oxygen atoms in total. The van der Waals surface area contributed by atoms with E-state index in [0.717, 1.165) is 48.6 Å². The van der Waals surface area contributed by atoms with Crippen LogP contribution in [-0.4, -0.2) is 89.1 Å². The van der Waals surface area contributed by atoms with Crippen LogP contribution < -0.4 is 5.32 Å². The van der Waals surface area contributed by atoms with E-state index >= 15 is 0 Å². The highest BCUT2D eigenvalue weighted by atomic mass is 32.1. The van der Waals surface area contributed by atoms with Gasteiger partial charge in [-0.2, -0.15) is 0 Å². The number of ether oxygens (including phenoxy) is 2. The molecule has 10 heteroatoms. The molecule has 0 radical (unpaired) electrons. The second-order valence-electron chi connectivity index (χ2n) is 13.1. The van der Waals surface area contributed by atoms with Crippen LogP contribution in [0.25, 0.3) is 6.08 Å². The lowest BCUT2D eigenvalue weighted by atomic mass is 9.73. The predicted molar refractivity (Wildman–Crippen MR) is 161 cm³/mol. The highest BCUT2D eigenvalue weighted by Crippen LogP contribution is 2.45. The molecule has 0 aromatic carbocycles. The maximum Gasteiger partial charge on any atom is 0.309 e. The number of fused-ring (bicyclic) bond motifs is 1. The summed E-state index contributed by atoms with van der Waals surface area (Å²) in [7, 11) is 4.08. The molecule has 2 fully saturated rings. The van der Waals surface area contributed by atoms with Gasteiger partial charge in [0.1, 0.15) is 16.9 Å². The molecule has 41 heavy (non-hydrogen) atoms. The zero-order valence-corrected chi connectivity index (χ0v) is 26.9. The van der Waals surface area contributed by atoms with E-state index in [1.807, 2.05) is 39.4 Å². The molecule has 0 spiro atoms. The zero-order chi connectivity index (χ0) is 30.5. The molecule has 2 saturated heterocycles. The number of esters is 1. The molecule has 1 aromatic rings. The molecule has 0 unspecified atom stereocenters. The normalized spacial score (nSPS) is 33.9. The lowest BCUT2D eigenvalue weighted by molar-refractivity contribution is -0.154. The maximum atomic E-state index is 13.3. The summed E-state index contributed by atoms with van der Waals surface area (Å²) in [6.45, 7) is 13.5. The Hall–Kier alpha value is -1.69. The fourth-order valence-corrected chi connectivity index (χ4v) is 6.31. The standard InChI is InChI=1S/C31H51N3O6S/c1-19-10-9-11-31(6)25(40-31)15-23(20(2)14-22-18-41-26(33-22)17-32-12-13-34(7)8)39-27(36)16-24(35)30(4,5)29(38)21(3)28(19)37/h14,18-19,21,23-25,28,32,35,37H,9-13,15-17H2,1-8H3/t19-,21+,23-,24-,25+,28-,31+/m1/s1. The highest BCUT2D eigenvalue weighted by Gasteiger charge is 2.53. The predicted octanol–water partition coefficient (Wildman–Crippen LogP) is 3.82. The SMILES string of the molecule is CC(=Cc1csc(CNCCN(C)C)n1)[C@H]1C[C@@H]2O[C@@]2(C)CCC[C@@H](C)[C@@H](O)[C@H](C)C(=O)C(C)(C)[C@H](O)CC(=O)O1. The first kappa shape index (κ1) is 33.8. The van der Waals surface area contributed by atoms with Crippen molar-refractivity contribution in [2.75, 3.05) is 27.2 Å². The molecule has 0 amide bonds. The molecule has 0 bridgehead atoms. The number of epoxide rings is 1. The summed E-state index contributed by atoms with van der Waals surface area (Å²) in [6, 6.07) is 0. The summed E-state index contributed by atoms with van der Waals surface area (Å²) in [4.78, 5) is 33.3. The summed E-state index contributed by atoms with van der Waals surface area (Å²) >= 11 is 1.59. The van der Waals surface area contributed by atoms with Crippen LogP contribution in [0.2, 0.25) is 0 Å². The van der Waals surface area contributed by atoms with E-state index in [1.165, 1.54) is 0 Å². The third kappa shape index (κ3) is 9.15. The molecule has 7 atom stereocenters. The number of aromatic nitrogens is 1. The number of Topliss-reactive ketones (excluding diaryl/α,β-unsaturated/α-hetero) is 1. The van der Waals surface area contributed by atoms with Gasteiger partial charge in [-0.15, -0.1) is 11.3 Å². The number of ketones is 1. The van der Waals surface area contributed by atoms with Crippen LogP contribution in [0.1, 0.15) is 84.3 Å². The van der Waals surface area contributed by atoms with Crippen LogP contribution in [0.4, 0.5) is 0 Å². The van der Waals surface area contributed by atoms with Gasteiger partial charge in [0.25, 0.3) is 0 Å². The maximum absolute atomic E-state index is 13.3. The van der Waals surface area contributed by atoms with Crippen molar-refractivity contribution in [1.82, 2.24) is 15.2 Å². The third-order valence-electron chi connectivity index (χ3n) is 8.87. The summed E-state index contributed by atoms with van der Waals surface area (Å²) in [5, 5.41) is 28.3. The molecule has 232 valence electrons. The molecular weight excluding hydrogens is 542 g/mol. The lowest BCUT2D eigenvalue weighted by Gasteiger charge is -2.34. The van der Waals surface area contributed by atoms with Gasteiger partial charge >= 0.3 is 5.97 Å². The number of rotatable bonds is 7. The number of hydrogen-bond donors (Lipinski definition) is 3. The number of carbonyl (C=O) groups is 2. The Kier molecular flexibility index (Phi) is 11.7. The zero-order valence-electron chi connectivity index (χ0n) is 26.1. The number of aliphatic hydroxyl groups excluding tert-OH is 2. The van der Waals surface area contributed by atoms with E-state index in [0.29, 0.717) is 13.0 Å². The van der Waals surface area contributed by atoms with Gasteiger partial charge in [-0.05, 0) is 58.4 Å². The Balaban J connectivity index is 1.77. The first-order valence-electron chi connectivity index (χ1n) is 14.9. The second kappa shape index (κ2) is 14.2. The van der Waals surface area contributed by atoms with Crippen molar-refractivity contribution in [2.24, 2.45) is 17.3 Å². The number of hydrogen-bond acceptors (Lipinski definition) is 10. The molecule has 0 aliphatic carbocycles. The van der Waals surface area contributed by atoms with Crippen LogP contribution in [0.5, 0.6) is 0 Å². The van der Waals surface area contributed by atoms with Crippen LogP contribution in [0, 0.1) is 17.3 Å². The van der Waals surface area contributed by atoms with Crippen molar-refractivity contribution in [3.8, 4) is 0 Å². The average Bonchev–Trinajstić information content (AvgIpc) is 3.31. The van der Waals surface area contributed by atoms with E-state index in [4.69, 9.17) is 14.5 Å². The van der Waals surface area contributed by atoms with Gasteiger partial charge in [-0.3, -0.25) is 9.59 Å². The minimum absolute atomic E-state index is 0.0643. The van der Waals surface area contributed by atoms with Gasteiger partial charge < -0.3 is 29.9 Å². The van der Waals surface area contributed by atoms with Crippen molar-refractivity contribution >= 4 is 29.2 Å². The Morgan fingerprint density at radius 2 is 1.95 bits per heavy atom. The van der Waals surface area contributed by atoms with E-state index in [-0.39, 0.29) is 29.8 Å². The second-order valence-corrected chi connectivity index (χ2v) is 14.1. The number of likely N-dealkylation sites (N-methyl/N-ethyl adjacent to an activating group) is 1. The van der Waals surface area contributed by atoms with Crippen LogP contribution >= 0.6 is 11.3 Å². The van der Waals surface area contributed by atoms with Crippen LogP contribution in [0.3, 0.4) is 0 Å². The first-order chi connectivity index (χ1) is 19.1. The molecule has 3 rings (SSSR count). The summed E-state index contributed by atoms with van der Waals surface area (Å²) < 4.78 is 12.1. The van der Waals surface area contributed by atoms with E-state index < -0.39 is 35.6 Å². The molecule has 2 aliphatic rings. The number of thiazole rings is 1. The third-order valence-corrected chi connectivity index (χ3v) is 9.74. The molecule has 2 aliphatic heterocycles. The van der Waals surface area contributed by atoms with Gasteiger partial charge in [-0.1, -0.05) is 34.1 Å². The van der Waals surface area contributed by atoms with Gasteiger partial charge in [0.05, 0.1) is 41.4 Å². The quantitative estimate of drug-likeness (QED) is 0.246. The van der Waals surface area contributed by atoms with E-state index in [2.05, 4.69) is 17.1 Å². The Morgan fingerprint density at radius 1 is 1.24 bits per heavy atom. The van der Waals surface area contributed by atoms with E-state index in [9.17, 15) is 19.8 Å². The molecule has 3 N–H and O–H groups in total. The Labute approximate surface area is 249 Å². The van der Waals surface area contributed by atoms with Gasteiger partial charge in [0, 0.05) is 37.4 Å². The van der Waals surface area contributed by atoms with Crippen molar-refractivity contribution in [3.05, 3.63) is 21.7 Å². The van der Waals surface area contributed by atoms with Crippen molar-refractivity contribution in [2.45, 2.75) is 110 Å². The number of nitrogens with one attached hydrogen (secondary N) is 1. The fraction of sp³-hybridized carbons (Fsp3) is 0.774. The molecule has 3 heterocycles. The van der Waals surface area contributed by atoms with E-state index in [1.54, 1.807) is 32.1 Å². The number of carbonyl (C=O) groups excluding carboxylic acids is 2. The van der Waals surface area contributed by atoms with Crippen LogP contribution in [0.15, 0.2) is 11.0 Å². The minimum atomic E-state index is -1.24. The molecule has 1 aromatic heterocycles. The molecule has 0 saturated carbocycles. The van der Waals surface area contributed by atoms with Gasteiger partial charge in [0.15, 0.2) is 0 Å². The van der Waals surface area contributed by atoms with Gasteiger partial charge in [-0.25, -0.2) is 4.98 Å². The Morgan fingerprint density at radius 3 is 2.63 bits per heavy atom. The Bertz CT molecular complexity index is 1070. The van der Waals surface area contributed by atoms with Crippen molar-refractivity contribution in [3.63, 3.8) is 0 Å². The molecular formula is C31H51N3O6S. The topological polar surface area (TPSA) is 125 Å². The number of nitrogens with zero attached hydrogens (tertiary/aromatic N) is 2. The smallest absolute Gasteiger partial charge is 0.309 e. The highest BCUT2D eigenvalue weighted by molar-refractivity contribution is 7.09.